The second-order valence-corrected chi connectivity index (χ2v) is 5.87. The monoisotopic (exact) mass is 269 g/mol. The van der Waals surface area contributed by atoms with Crippen LogP contribution in [0.15, 0.2) is 30.3 Å². The van der Waals surface area contributed by atoms with Crippen molar-refractivity contribution in [3.8, 4) is 0 Å². The van der Waals surface area contributed by atoms with E-state index in [4.69, 9.17) is 0 Å². The van der Waals surface area contributed by atoms with E-state index in [2.05, 4.69) is 5.32 Å². The number of nitrogens with one attached hydrogen (secondary N) is 1. The third-order valence-electron chi connectivity index (χ3n) is 2.67. The van der Waals surface area contributed by atoms with Gasteiger partial charge in [-0.05, 0) is 18.9 Å². The lowest BCUT2D eigenvalue weighted by molar-refractivity contribution is -0.139. The van der Waals surface area contributed by atoms with E-state index in [-0.39, 0.29) is 6.04 Å². The van der Waals surface area contributed by atoms with Crippen LogP contribution in [0.2, 0.25) is 0 Å². The van der Waals surface area contributed by atoms with E-state index in [9.17, 15) is 14.1 Å². The molecule has 0 spiro atoms. The topological polar surface area (TPSA) is 66.4 Å². The molecule has 1 aromatic carbocycles. The van der Waals surface area contributed by atoms with Crippen molar-refractivity contribution in [1.82, 2.24) is 5.32 Å². The van der Waals surface area contributed by atoms with E-state index >= 15 is 0 Å². The Kier molecular flexibility index (Phi) is 6.01. The molecule has 2 N–H and O–H groups in total. The minimum Gasteiger partial charge on any atom is -0.480 e. The van der Waals surface area contributed by atoms with Gasteiger partial charge in [-0.2, -0.15) is 0 Å². The van der Waals surface area contributed by atoms with Crippen LogP contribution in [0.1, 0.15) is 24.9 Å². The zero-order valence-electron chi connectivity index (χ0n) is 10.6. The van der Waals surface area contributed by atoms with Crippen molar-refractivity contribution in [2.24, 2.45) is 0 Å². The Labute approximate surface area is 110 Å². The number of carboxylic acids is 1. The molecule has 0 heterocycles. The van der Waals surface area contributed by atoms with Gasteiger partial charge in [0.2, 0.25) is 0 Å². The first-order valence-electron chi connectivity index (χ1n) is 5.84. The van der Waals surface area contributed by atoms with Gasteiger partial charge in [0.15, 0.2) is 0 Å². The summed E-state index contributed by atoms with van der Waals surface area (Å²) in [5.74, 6) is -0.319. The van der Waals surface area contributed by atoms with Crippen LogP contribution in [0.3, 0.4) is 0 Å². The smallest absolute Gasteiger partial charge is 0.325 e. The molecule has 0 aromatic heterocycles. The van der Waals surface area contributed by atoms with Gasteiger partial charge in [-0.25, -0.2) is 0 Å². The summed E-state index contributed by atoms with van der Waals surface area (Å²) in [6, 6.07) is 8.36. The number of carbonyl (C=O) groups is 1. The fraction of sp³-hybridized carbons (Fsp3) is 0.462. The maximum absolute atomic E-state index is 11.3. The molecule has 3 unspecified atom stereocenters. The van der Waals surface area contributed by atoms with Crippen molar-refractivity contribution in [2.45, 2.75) is 25.4 Å². The van der Waals surface area contributed by atoms with E-state index in [1.807, 2.05) is 25.1 Å². The molecule has 0 aliphatic heterocycles. The minimum atomic E-state index is -0.898. The molecule has 18 heavy (non-hydrogen) atoms. The molecule has 0 saturated carbocycles. The van der Waals surface area contributed by atoms with Crippen LogP contribution in [0.25, 0.3) is 0 Å². The second kappa shape index (κ2) is 7.28. The molecule has 3 atom stereocenters. The first-order valence-corrected chi connectivity index (χ1v) is 7.57. The average molecular weight is 269 g/mol. The van der Waals surface area contributed by atoms with Gasteiger partial charge in [0.25, 0.3) is 0 Å². The number of aliphatic carboxylic acids is 1. The summed E-state index contributed by atoms with van der Waals surface area (Å²) in [5.41, 5.74) is 0.731. The highest BCUT2D eigenvalue weighted by molar-refractivity contribution is 7.84. The fourth-order valence-electron chi connectivity index (χ4n) is 1.67. The van der Waals surface area contributed by atoms with Crippen LogP contribution in [0, 0.1) is 0 Å². The molecule has 100 valence electrons. The quantitative estimate of drug-likeness (QED) is 0.788. The van der Waals surface area contributed by atoms with Crippen LogP contribution in [-0.2, 0) is 15.6 Å². The van der Waals surface area contributed by atoms with E-state index in [1.165, 1.54) is 0 Å². The normalized spacial score (nSPS) is 15.9. The lowest BCUT2D eigenvalue weighted by atomic mass is 10.1. The highest BCUT2D eigenvalue weighted by atomic mass is 32.2. The Bertz CT molecular complexity index is 408. The standard InChI is InChI=1S/C13H19NO3S/c1-10(8-9-18(2)17)14-12(13(15)16)11-6-4-3-5-7-11/h3-7,10,12,14H,8-9H2,1-2H3,(H,15,16). The molecule has 0 amide bonds. The number of benzene rings is 1. The summed E-state index contributed by atoms with van der Waals surface area (Å²) >= 11 is 0. The molecule has 5 heteroatoms. The van der Waals surface area contributed by atoms with Crippen molar-refractivity contribution in [3.63, 3.8) is 0 Å². The van der Waals surface area contributed by atoms with Crippen LogP contribution < -0.4 is 5.32 Å². The predicted octanol–water partition coefficient (Wildman–Crippen LogP) is 1.56. The largest absolute Gasteiger partial charge is 0.480 e. The number of carboxylic acid groups (broad SMARTS) is 1. The third-order valence-corrected chi connectivity index (χ3v) is 3.48. The molecular weight excluding hydrogens is 250 g/mol. The van der Waals surface area contributed by atoms with Gasteiger partial charge >= 0.3 is 5.97 Å². The Hall–Kier alpha value is -1.20. The molecule has 0 bridgehead atoms. The van der Waals surface area contributed by atoms with E-state index in [0.29, 0.717) is 12.2 Å². The summed E-state index contributed by atoms with van der Waals surface area (Å²) < 4.78 is 11.0. The van der Waals surface area contributed by atoms with Crippen LogP contribution >= 0.6 is 0 Å². The van der Waals surface area contributed by atoms with Gasteiger partial charge in [0.1, 0.15) is 6.04 Å². The summed E-state index contributed by atoms with van der Waals surface area (Å²) in [4.78, 5) is 11.3. The number of hydrogen-bond donors (Lipinski definition) is 2. The van der Waals surface area contributed by atoms with Gasteiger partial charge < -0.3 is 5.11 Å². The molecule has 0 aliphatic rings. The molecule has 0 fully saturated rings. The molecule has 1 rings (SSSR count). The lowest BCUT2D eigenvalue weighted by Gasteiger charge is -2.20. The minimum absolute atomic E-state index is 0.00945. The van der Waals surface area contributed by atoms with Crippen molar-refractivity contribution in [1.29, 1.82) is 0 Å². The Balaban J connectivity index is 2.64. The maximum atomic E-state index is 11.3. The first-order chi connectivity index (χ1) is 8.50. The summed E-state index contributed by atoms with van der Waals surface area (Å²) in [6.07, 6.45) is 2.35. The summed E-state index contributed by atoms with van der Waals surface area (Å²) in [5, 5.41) is 12.3. The van der Waals surface area contributed by atoms with Crippen LogP contribution in [-0.4, -0.2) is 33.3 Å². The van der Waals surface area contributed by atoms with Crippen molar-refractivity contribution < 1.29 is 14.1 Å². The van der Waals surface area contributed by atoms with Crippen molar-refractivity contribution >= 4 is 16.8 Å². The highest BCUT2D eigenvalue weighted by Gasteiger charge is 2.21. The van der Waals surface area contributed by atoms with Gasteiger partial charge in [-0.15, -0.1) is 0 Å². The van der Waals surface area contributed by atoms with Gasteiger partial charge in [0.05, 0.1) is 0 Å². The second-order valence-electron chi connectivity index (χ2n) is 4.32. The average Bonchev–Trinajstić information content (AvgIpc) is 2.34. The van der Waals surface area contributed by atoms with Gasteiger partial charge in [-0.1, -0.05) is 30.3 Å². The number of rotatable bonds is 7. The first kappa shape index (κ1) is 14.9. The summed E-state index contributed by atoms with van der Waals surface area (Å²) in [7, 11) is -0.844. The van der Waals surface area contributed by atoms with Gasteiger partial charge in [0, 0.05) is 28.9 Å². The van der Waals surface area contributed by atoms with Crippen LogP contribution in [0.5, 0.6) is 0 Å². The van der Waals surface area contributed by atoms with Gasteiger partial charge in [-0.3, -0.25) is 14.3 Å². The van der Waals surface area contributed by atoms with E-state index in [0.717, 1.165) is 5.56 Å². The third kappa shape index (κ3) is 4.98. The fourth-order valence-corrected chi connectivity index (χ4v) is 2.35. The Morgan fingerprint density at radius 3 is 2.50 bits per heavy atom. The molecular formula is C13H19NO3S. The zero-order valence-corrected chi connectivity index (χ0v) is 11.4. The predicted molar refractivity (Wildman–Crippen MR) is 73.0 cm³/mol. The molecule has 0 radical (unpaired) electrons. The van der Waals surface area contributed by atoms with Crippen molar-refractivity contribution in [2.75, 3.05) is 12.0 Å². The Morgan fingerprint density at radius 2 is 2.00 bits per heavy atom. The van der Waals surface area contributed by atoms with E-state index in [1.54, 1.807) is 18.4 Å². The van der Waals surface area contributed by atoms with Crippen molar-refractivity contribution in [3.05, 3.63) is 35.9 Å². The molecule has 4 nitrogen and oxygen atoms in total. The van der Waals surface area contributed by atoms with Crippen LogP contribution in [0.4, 0.5) is 0 Å². The molecule has 1 aromatic rings. The highest BCUT2D eigenvalue weighted by Crippen LogP contribution is 2.14. The lowest BCUT2D eigenvalue weighted by Crippen LogP contribution is -2.36. The van der Waals surface area contributed by atoms with E-state index < -0.39 is 22.8 Å². The molecule has 0 aliphatic carbocycles. The SMILES string of the molecule is CC(CCS(C)=O)NC(C(=O)O)c1ccccc1. The number of hydrogen-bond acceptors (Lipinski definition) is 3. The zero-order chi connectivity index (χ0) is 13.5. The maximum Gasteiger partial charge on any atom is 0.325 e. The Morgan fingerprint density at radius 1 is 1.39 bits per heavy atom. The summed E-state index contributed by atoms with van der Waals surface area (Å²) in [6.45, 7) is 1.91. The molecule has 0 saturated heterocycles.